The fraction of sp³-hybridized carbons (Fsp3) is 0.278. The number of hydrogen-bond acceptors (Lipinski definition) is 6. The van der Waals surface area contributed by atoms with Gasteiger partial charge in [-0.15, -0.1) is 11.3 Å². The molecule has 0 aromatic carbocycles. The van der Waals surface area contributed by atoms with Crippen molar-refractivity contribution in [3.63, 3.8) is 0 Å². The van der Waals surface area contributed by atoms with Gasteiger partial charge in [-0.05, 0) is 23.8 Å². The minimum Gasteiger partial charge on any atom is -0.360 e. The molecule has 0 atom stereocenters. The molecule has 0 saturated heterocycles. The average molecular weight is 406 g/mol. The lowest BCUT2D eigenvalue weighted by Crippen LogP contribution is -2.26. The van der Waals surface area contributed by atoms with Gasteiger partial charge in [0.1, 0.15) is 6.33 Å². The van der Waals surface area contributed by atoms with Crippen molar-refractivity contribution in [1.82, 2.24) is 19.3 Å². The zero-order valence-corrected chi connectivity index (χ0v) is 16.3. The van der Waals surface area contributed by atoms with E-state index in [4.69, 9.17) is 5.73 Å². The van der Waals surface area contributed by atoms with Gasteiger partial charge in [-0.2, -0.15) is 5.10 Å². The van der Waals surface area contributed by atoms with E-state index in [1.807, 2.05) is 12.1 Å². The lowest BCUT2D eigenvalue weighted by atomic mass is 10.2. The predicted molar refractivity (Wildman–Crippen MR) is 106 cm³/mol. The van der Waals surface area contributed by atoms with Crippen LogP contribution in [0.25, 0.3) is 10.4 Å². The predicted octanol–water partition coefficient (Wildman–Crippen LogP) is 2.23. The van der Waals surface area contributed by atoms with Crippen LogP contribution in [0.1, 0.15) is 4.88 Å². The number of aromatic nitrogens is 4. The van der Waals surface area contributed by atoms with Crippen molar-refractivity contribution in [2.75, 3.05) is 25.5 Å². The first-order valence-corrected chi connectivity index (χ1v) is 9.27. The SMILES string of the molecule is CN(C)c1ncc(-c2ccc(Cn3cnn(C/C(=C/F)CN)c3=O)s2)cc1F. The summed E-state index contributed by atoms with van der Waals surface area (Å²) in [6.07, 6.45) is 3.42. The molecule has 0 saturated carbocycles. The van der Waals surface area contributed by atoms with Crippen molar-refractivity contribution in [1.29, 1.82) is 0 Å². The minimum atomic E-state index is -0.397. The molecule has 0 bridgehead atoms. The summed E-state index contributed by atoms with van der Waals surface area (Å²) in [6, 6.07) is 5.17. The van der Waals surface area contributed by atoms with Crippen molar-refractivity contribution in [3.05, 3.63) is 63.8 Å². The van der Waals surface area contributed by atoms with E-state index in [0.717, 1.165) is 14.4 Å². The zero-order valence-electron chi connectivity index (χ0n) is 15.5. The van der Waals surface area contributed by atoms with Crippen LogP contribution in [0.3, 0.4) is 0 Å². The zero-order chi connectivity index (χ0) is 20.3. The van der Waals surface area contributed by atoms with Gasteiger partial charge >= 0.3 is 5.69 Å². The smallest absolute Gasteiger partial charge is 0.346 e. The van der Waals surface area contributed by atoms with Crippen LogP contribution in [0.2, 0.25) is 0 Å². The van der Waals surface area contributed by atoms with Crippen LogP contribution in [0.5, 0.6) is 0 Å². The Balaban J connectivity index is 1.78. The third-order valence-corrected chi connectivity index (χ3v) is 5.20. The molecule has 2 N–H and O–H groups in total. The quantitative estimate of drug-likeness (QED) is 0.651. The Morgan fingerprint density at radius 2 is 2.18 bits per heavy atom. The van der Waals surface area contributed by atoms with Crippen molar-refractivity contribution in [2.45, 2.75) is 13.1 Å². The monoisotopic (exact) mass is 406 g/mol. The van der Waals surface area contributed by atoms with E-state index in [1.165, 1.54) is 28.3 Å². The number of rotatable bonds is 7. The molecule has 3 aromatic heterocycles. The Labute approximate surface area is 164 Å². The van der Waals surface area contributed by atoms with Crippen molar-refractivity contribution in [2.24, 2.45) is 5.73 Å². The molecule has 3 aromatic rings. The van der Waals surface area contributed by atoms with E-state index in [1.54, 1.807) is 25.2 Å². The number of pyridine rings is 1. The van der Waals surface area contributed by atoms with Crippen molar-refractivity contribution < 1.29 is 8.78 Å². The van der Waals surface area contributed by atoms with E-state index in [2.05, 4.69) is 10.1 Å². The van der Waals surface area contributed by atoms with Gasteiger partial charge in [0.05, 0.1) is 19.4 Å². The Kier molecular flexibility index (Phi) is 6.00. The van der Waals surface area contributed by atoms with Gasteiger partial charge < -0.3 is 10.6 Å². The maximum absolute atomic E-state index is 14.2. The molecule has 0 aliphatic heterocycles. The Hall–Kier alpha value is -2.85. The van der Waals surface area contributed by atoms with Crippen LogP contribution in [-0.4, -0.2) is 40.0 Å². The molecular weight excluding hydrogens is 386 g/mol. The maximum Gasteiger partial charge on any atom is 0.346 e. The van der Waals surface area contributed by atoms with E-state index >= 15 is 0 Å². The van der Waals surface area contributed by atoms with Crippen LogP contribution in [0, 0.1) is 5.82 Å². The van der Waals surface area contributed by atoms with Crippen LogP contribution in [0.15, 0.2) is 47.4 Å². The second-order valence-electron chi connectivity index (χ2n) is 6.36. The van der Waals surface area contributed by atoms with Gasteiger partial charge in [0, 0.05) is 42.2 Å². The first kappa shape index (κ1) is 19.9. The molecule has 0 unspecified atom stereocenters. The lowest BCUT2D eigenvalue weighted by molar-refractivity contribution is 0.604. The van der Waals surface area contributed by atoms with E-state index < -0.39 is 5.82 Å². The Morgan fingerprint density at radius 1 is 1.39 bits per heavy atom. The largest absolute Gasteiger partial charge is 0.360 e. The standard InChI is InChI=1S/C18H20F2N6OS/c1-24(2)17-15(20)5-13(8-22-17)16-4-3-14(28-16)10-25-11-23-26(18(25)27)9-12(6-19)7-21/h3-6,8,11H,7,9-10,21H2,1-2H3/b12-6+. The fourth-order valence-electron chi connectivity index (χ4n) is 2.61. The number of nitrogens with zero attached hydrogens (tertiary/aromatic N) is 5. The topological polar surface area (TPSA) is 82.0 Å². The number of thiophene rings is 1. The van der Waals surface area contributed by atoms with Gasteiger partial charge in [-0.3, -0.25) is 4.57 Å². The molecule has 148 valence electrons. The Bertz CT molecular complexity index is 1050. The molecule has 0 spiro atoms. The molecule has 3 rings (SSSR count). The van der Waals surface area contributed by atoms with E-state index in [0.29, 0.717) is 18.4 Å². The van der Waals surface area contributed by atoms with Crippen molar-refractivity contribution in [3.8, 4) is 10.4 Å². The highest BCUT2D eigenvalue weighted by atomic mass is 32.1. The molecule has 0 fully saturated rings. The van der Waals surface area contributed by atoms with Gasteiger partial charge in [0.2, 0.25) is 0 Å². The van der Waals surface area contributed by atoms with Crippen LogP contribution < -0.4 is 16.3 Å². The van der Waals surface area contributed by atoms with Gasteiger partial charge in [-0.25, -0.2) is 23.2 Å². The third kappa shape index (κ3) is 4.18. The normalized spacial score (nSPS) is 11.8. The second kappa shape index (κ2) is 8.44. The summed E-state index contributed by atoms with van der Waals surface area (Å²) in [5.74, 6) is -0.120. The summed E-state index contributed by atoms with van der Waals surface area (Å²) < 4.78 is 29.4. The maximum atomic E-state index is 14.2. The van der Waals surface area contributed by atoms with Crippen LogP contribution >= 0.6 is 11.3 Å². The molecule has 0 aliphatic rings. The second-order valence-corrected chi connectivity index (χ2v) is 7.53. The fourth-order valence-corrected chi connectivity index (χ4v) is 3.59. The summed E-state index contributed by atoms with van der Waals surface area (Å²) in [5.41, 5.74) is 6.01. The summed E-state index contributed by atoms with van der Waals surface area (Å²) >= 11 is 1.44. The highest BCUT2D eigenvalue weighted by molar-refractivity contribution is 7.15. The molecule has 0 amide bonds. The van der Waals surface area contributed by atoms with Crippen LogP contribution in [0.4, 0.5) is 14.6 Å². The molecular formula is C18H20F2N6OS. The highest BCUT2D eigenvalue weighted by Gasteiger charge is 2.12. The number of anilines is 1. The number of halogens is 2. The minimum absolute atomic E-state index is 0.0116. The summed E-state index contributed by atoms with van der Waals surface area (Å²) in [7, 11) is 3.46. The molecule has 0 radical (unpaired) electrons. The molecule has 0 aliphatic carbocycles. The number of nitrogens with two attached hydrogens (primary N) is 1. The van der Waals surface area contributed by atoms with Gasteiger partial charge in [0.25, 0.3) is 0 Å². The average Bonchev–Trinajstić information content (AvgIpc) is 3.27. The summed E-state index contributed by atoms with van der Waals surface area (Å²) in [4.78, 5) is 19.9. The molecule has 7 nitrogen and oxygen atoms in total. The summed E-state index contributed by atoms with van der Waals surface area (Å²) in [6.45, 7) is 0.339. The molecule has 10 heteroatoms. The lowest BCUT2D eigenvalue weighted by Gasteiger charge is -2.12. The number of hydrogen-bond donors (Lipinski definition) is 1. The molecule has 3 heterocycles. The summed E-state index contributed by atoms with van der Waals surface area (Å²) in [5, 5.41) is 3.99. The van der Waals surface area contributed by atoms with Crippen LogP contribution in [-0.2, 0) is 13.1 Å². The van der Waals surface area contributed by atoms with E-state index in [-0.39, 0.29) is 30.2 Å². The van der Waals surface area contributed by atoms with Gasteiger partial charge in [0.15, 0.2) is 11.6 Å². The highest BCUT2D eigenvalue weighted by Crippen LogP contribution is 2.30. The van der Waals surface area contributed by atoms with E-state index in [9.17, 15) is 13.6 Å². The Morgan fingerprint density at radius 3 is 2.82 bits per heavy atom. The molecule has 28 heavy (non-hydrogen) atoms. The first-order valence-electron chi connectivity index (χ1n) is 8.45. The third-order valence-electron chi connectivity index (χ3n) is 4.08. The van der Waals surface area contributed by atoms with Crippen molar-refractivity contribution >= 4 is 17.2 Å². The first-order chi connectivity index (χ1) is 13.4. The van der Waals surface area contributed by atoms with Gasteiger partial charge in [-0.1, -0.05) is 0 Å².